The van der Waals surface area contributed by atoms with Crippen LogP contribution >= 0.6 is 11.6 Å². The lowest BCUT2D eigenvalue weighted by Crippen LogP contribution is -2.31. The molecule has 5 heteroatoms. The third-order valence-corrected chi connectivity index (χ3v) is 3.20. The highest BCUT2D eigenvalue weighted by molar-refractivity contribution is 6.31. The number of amides is 1. The second-order valence-corrected chi connectivity index (χ2v) is 5.25. The summed E-state index contributed by atoms with van der Waals surface area (Å²) in [6, 6.07) is 5.13. The standard InChI is InChI=1S/C14H18ClNO3/c1-8(2)11-5-4-10(6-12(11)15)13(17)16-7-9(3)14(18)19/h4-6,8-9H,7H2,1-3H3,(H,16,17)(H,18,19). The predicted octanol–water partition coefficient (Wildman–Crippen LogP) is 2.91. The van der Waals surface area contributed by atoms with Crippen molar-refractivity contribution in [1.29, 1.82) is 0 Å². The topological polar surface area (TPSA) is 66.4 Å². The fourth-order valence-corrected chi connectivity index (χ4v) is 1.97. The zero-order valence-electron chi connectivity index (χ0n) is 11.2. The van der Waals surface area contributed by atoms with Gasteiger partial charge in [-0.25, -0.2) is 0 Å². The number of carbonyl (C=O) groups excluding carboxylic acids is 1. The van der Waals surface area contributed by atoms with Crippen LogP contribution in [0.1, 0.15) is 42.6 Å². The summed E-state index contributed by atoms with van der Waals surface area (Å²) in [6.45, 7) is 5.68. The van der Waals surface area contributed by atoms with Gasteiger partial charge in [-0.15, -0.1) is 0 Å². The number of rotatable bonds is 5. The molecule has 0 bridgehead atoms. The predicted molar refractivity (Wildman–Crippen MR) is 74.7 cm³/mol. The lowest BCUT2D eigenvalue weighted by molar-refractivity contribution is -0.140. The van der Waals surface area contributed by atoms with E-state index in [9.17, 15) is 9.59 Å². The first-order chi connectivity index (χ1) is 8.82. The van der Waals surface area contributed by atoms with Gasteiger partial charge in [0.1, 0.15) is 0 Å². The quantitative estimate of drug-likeness (QED) is 0.873. The van der Waals surface area contributed by atoms with Gasteiger partial charge < -0.3 is 10.4 Å². The minimum atomic E-state index is -0.937. The molecule has 1 unspecified atom stereocenters. The number of carbonyl (C=O) groups is 2. The Labute approximate surface area is 117 Å². The van der Waals surface area contributed by atoms with Crippen LogP contribution in [0.4, 0.5) is 0 Å². The summed E-state index contributed by atoms with van der Waals surface area (Å²) in [5.41, 5.74) is 1.42. The molecular weight excluding hydrogens is 266 g/mol. The summed E-state index contributed by atoms with van der Waals surface area (Å²) in [5.74, 6) is -1.58. The molecule has 1 atom stereocenters. The van der Waals surface area contributed by atoms with Gasteiger partial charge in [0.25, 0.3) is 5.91 Å². The van der Waals surface area contributed by atoms with Crippen molar-refractivity contribution < 1.29 is 14.7 Å². The van der Waals surface area contributed by atoms with E-state index in [0.29, 0.717) is 10.6 Å². The van der Waals surface area contributed by atoms with Gasteiger partial charge in [0.2, 0.25) is 0 Å². The normalized spacial score (nSPS) is 12.3. The van der Waals surface area contributed by atoms with Crippen LogP contribution in [0.2, 0.25) is 5.02 Å². The highest BCUT2D eigenvalue weighted by Crippen LogP contribution is 2.25. The first-order valence-electron chi connectivity index (χ1n) is 6.13. The first-order valence-corrected chi connectivity index (χ1v) is 6.51. The van der Waals surface area contributed by atoms with Crippen molar-refractivity contribution in [3.8, 4) is 0 Å². The molecule has 1 amide bonds. The second-order valence-electron chi connectivity index (χ2n) is 4.84. The number of hydrogen-bond donors (Lipinski definition) is 2. The Morgan fingerprint density at radius 1 is 1.32 bits per heavy atom. The Morgan fingerprint density at radius 3 is 2.42 bits per heavy atom. The number of carboxylic acids is 1. The maximum Gasteiger partial charge on any atom is 0.308 e. The molecule has 0 aliphatic rings. The highest BCUT2D eigenvalue weighted by Gasteiger charge is 2.14. The van der Waals surface area contributed by atoms with E-state index >= 15 is 0 Å². The van der Waals surface area contributed by atoms with Gasteiger partial charge in [0.05, 0.1) is 5.92 Å². The molecule has 2 N–H and O–H groups in total. The van der Waals surface area contributed by atoms with Gasteiger partial charge in [-0.05, 0) is 23.6 Å². The van der Waals surface area contributed by atoms with Crippen molar-refractivity contribution in [2.75, 3.05) is 6.54 Å². The Kier molecular flexibility index (Phi) is 5.36. The van der Waals surface area contributed by atoms with Crippen molar-refractivity contribution in [3.63, 3.8) is 0 Å². The lowest BCUT2D eigenvalue weighted by Gasteiger charge is -2.11. The van der Waals surface area contributed by atoms with Crippen LogP contribution in [0.15, 0.2) is 18.2 Å². The summed E-state index contributed by atoms with van der Waals surface area (Å²) < 4.78 is 0. The summed E-state index contributed by atoms with van der Waals surface area (Å²) in [5, 5.41) is 11.9. The van der Waals surface area contributed by atoms with Crippen molar-refractivity contribution in [2.24, 2.45) is 5.92 Å². The number of benzene rings is 1. The summed E-state index contributed by atoms with van der Waals surface area (Å²) in [6.07, 6.45) is 0. The largest absolute Gasteiger partial charge is 0.481 e. The van der Waals surface area contributed by atoms with E-state index in [2.05, 4.69) is 5.32 Å². The van der Waals surface area contributed by atoms with Crippen LogP contribution in [0.25, 0.3) is 0 Å². The third kappa shape index (κ3) is 4.24. The molecular formula is C14H18ClNO3. The summed E-state index contributed by atoms with van der Waals surface area (Å²) in [4.78, 5) is 22.5. The number of hydrogen-bond acceptors (Lipinski definition) is 2. The minimum absolute atomic E-state index is 0.0950. The molecule has 0 fully saturated rings. The Hall–Kier alpha value is -1.55. The Morgan fingerprint density at radius 2 is 1.95 bits per heavy atom. The van der Waals surface area contributed by atoms with Crippen molar-refractivity contribution in [2.45, 2.75) is 26.7 Å². The molecule has 0 aromatic heterocycles. The lowest BCUT2D eigenvalue weighted by atomic mass is 10.0. The van der Waals surface area contributed by atoms with E-state index in [1.165, 1.54) is 6.92 Å². The van der Waals surface area contributed by atoms with Crippen molar-refractivity contribution in [3.05, 3.63) is 34.3 Å². The number of aliphatic carboxylic acids is 1. The van der Waals surface area contributed by atoms with Gasteiger partial charge in [-0.3, -0.25) is 9.59 Å². The zero-order valence-corrected chi connectivity index (χ0v) is 12.0. The molecule has 1 aromatic carbocycles. The minimum Gasteiger partial charge on any atom is -0.481 e. The second kappa shape index (κ2) is 6.57. The van der Waals surface area contributed by atoms with Gasteiger partial charge in [0.15, 0.2) is 0 Å². The zero-order chi connectivity index (χ0) is 14.6. The number of carboxylic acid groups (broad SMARTS) is 1. The third-order valence-electron chi connectivity index (χ3n) is 2.88. The molecule has 1 rings (SSSR count). The summed E-state index contributed by atoms with van der Waals surface area (Å²) >= 11 is 6.11. The maximum absolute atomic E-state index is 11.8. The van der Waals surface area contributed by atoms with Gasteiger partial charge in [-0.2, -0.15) is 0 Å². The molecule has 0 heterocycles. The van der Waals surface area contributed by atoms with E-state index in [4.69, 9.17) is 16.7 Å². The monoisotopic (exact) mass is 283 g/mol. The van der Waals surface area contributed by atoms with Gasteiger partial charge in [0, 0.05) is 17.1 Å². The number of nitrogens with one attached hydrogen (secondary N) is 1. The highest BCUT2D eigenvalue weighted by atomic mass is 35.5. The smallest absolute Gasteiger partial charge is 0.308 e. The molecule has 0 saturated carbocycles. The fraction of sp³-hybridized carbons (Fsp3) is 0.429. The molecule has 1 aromatic rings. The molecule has 0 aliphatic heterocycles. The van der Waals surface area contributed by atoms with Crippen molar-refractivity contribution >= 4 is 23.5 Å². The van der Waals surface area contributed by atoms with Crippen LogP contribution in [-0.2, 0) is 4.79 Å². The fourth-order valence-electron chi connectivity index (χ4n) is 1.57. The van der Waals surface area contributed by atoms with E-state index in [-0.39, 0.29) is 18.4 Å². The van der Waals surface area contributed by atoms with Crippen molar-refractivity contribution in [1.82, 2.24) is 5.32 Å². The molecule has 0 spiro atoms. The molecule has 104 valence electrons. The van der Waals surface area contributed by atoms with Crippen LogP contribution in [0.5, 0.6) is 0 Å². The average Bonchev–Trinajstić information content (AvgIpc) is 2.34. The number of halogens is 1. The molecule has 4 nitrogen and oxygen atoms in total. The van der Waals surface area contributed by atoms with E-state index in [1.54, 1.807) is 12.1 Å². The van der Waals surface area contributed by atoms with E-state index in [0.717, 1.165) is 5.56 Å². The maximum atomic E-state index is 11.8. The van der Waals surface area contributed by atoms with Crippen LogP contribution in [0.3, 0.4) is 0 Å². The Balaban J connectivity index is 2.73. The molecule has 0 radical (unpaired) electrons. The average molecular weight is 284 g/mol. The SMILES string of the molecule is CC(CNC(=O)c1ccc(C(C)C)c(Cl)c1)C(=O)O. The molecule has 0 aliphatic carbocycles. The first kappa shape index (κ1) is 15.5. The Bertz CT molecular complexity index is 486. The van der Waals surface area contributed by atoms with Crippen LogP contribution in [-0.4, -0.2) is 23.5 Å². The van der Waals surface area contributed by atoms with Crippen LogP contribution in [0, 0.1) is 5.92 Å². The van der Waals surface area contributed by atoms with Gasteiger partial charge >= 0.3 is 5.97 Å². The molecule has 0 saturated heterocycles. The van der Waals surface area contributed by atoms with E-state index < -0.39 is 11.9 Å². The summed E-state index contributed by atoms with van der Waals surface area (Å²) in [7, 11) is 0. The van der Waals surface area contributed by atoms with Crippen LogP contribution < -0.4 is 5.32 Å². The van der Waals surface area contributed by atoms with E-state index in [1.807, 2.05) is 19.9 Å². The molecule has 19 heavy (non-hydrogen) atoms. The van der Waals surface area contributed by atoms with Gasteiger partial charge in [-0.1, -0.05) is 38.4 Å².